The Morgan fingerprint density at radius 1 is 1.00 bits per heavy atom. The van der Waals surface area contributed by atoms with Crippen molar-refractivity contribution in [3.8, 4) is 11.3 Å². The van der Waals surface area contributed by atoms with Gasteiger partial charge in [-0.2, -0.15) is 0 Å². The van der Waals surface area contributed by atoms with Crippen molar-refractivity contribution in [3.63, 3.8) is 0 Å². The zero-order valence-electron chi connectivity index (χ0n) is 21.5. The van der Waals surface area contributed by atoms with Gasteiger partial charge in [0.15, 0.2) is 5.60 Å². The fraction of sp³-hybridized carbons (Fsp3) is 0.172. The Hall–Kier alpha value is -3.98. The van der Waals surface area contributed by atoms with Crippen LogP contribution in [0.3, 0.4) is 0 Å². The molecule has 5 rings (SSSR count). The summed E-state index contributed by atoms with van der Waals surface area (Å²) in [6.45, 7) is 3.67. The van der Waals surface area contributed by atoms with E-state index in [0.29, 0.717) is 43.5 Å². The van der Waals surface area contributed by atoms with Gasteiger partial charge < -0.3 is 15.4 Å². The number of primary amides is 1. The summed E-state index contributed by atoms with van der Waals surface area (Å²) < 4.78 is 1.77. The van der Waals surface area contributed by atoms with Crippen LogP contribution in [-0.4, -0.2) is 36.7 Å². The number of urea groups is 1. The van der Waals surface area contributed by atoms with E-state index in [9.17, 15) is 9.90 Å². The van der Waals surface area contributed by atoms with Crippen molar-refractivity contribution in [2.45, 2.75) is 25.5 Å². The molecule has 2 aromatic heterocycles. The zero-order valence-corrected chi connectivity index (χ0v) is 23.0. The summed E-state index contributed by atoms with van der Waals surface area (Å²) in [5, 5.41) is 14.1. The lowest BCUT2D eigenvalue weighted by atomic mass is 9.83. The molecule has 0 saturated heterocycles. The number of nitrogens with two attached hydrogens (primary N) is 1. The standard InChI is InChI=1S/C29H26Cl2N6O2/c1-17(2)37(27(32)38)28-34-24-12-9-20(14-23(24)26(35-28)18-5-4-6-22(31)13-18)29(39,25-15-33-16-36(25)3)19-7-10-21(30)11-8-19/h4-17,39H,1-3H3,(H2,32,38). The second kappa shape index (κ2) is 10.3. The van der Waals surface area contributed by atoms with Gasteiger partial charge in [-0.1, -0.05) is 53.5 Å². The molecule has 0 spiro atoms. The summed E-state index contributed by atoms with van der Waals surface area (Å²) >= 11 is 12.5. The number of carbonyl (C=O) groups is 1. The van der Waals surface area contributed by atoms with E-state index >= 15 is 0 Å². The number of amides is 2. The summed E-state index contributed by atoms with van der Waals surface area (Å²) in [6, 6.07) is 18.8. The van der Waals surface area contributed by atoms with Gasteiger partial charge in [0, 0.05) is 34.1 Å². The minimum Gasteiger partial charge on any atom is -0.374 e. The van der Waals surface area contributed by atoms with Gasteiger partial charge in [-0.3, -0.25) is 4.90 Å². The van der Waals surface area contributed by atoms with E-state index in [4.69, 9.17) is 33.9 Å². The topological polar surface area (TPSA) is 110 Å². The van der Waals surface area contributed by atoms with Crippen molar-refractivity contribution in [3.05, 3.63) is 106 Å². The summed E-state index contributed by atoms with van der Waals surface area (Å²) in [5.41, 5.74) is 7.66. The van der Waals surface area contributed by atoms with Crippen LogP contribution in [0.2, 0.25) is 10.0 Å². The first kappa shape index (κ1) is 26.6. The molecule has 0 aliphatic rings. The van der Waals surface area contributed by atoms with Gasteiger partial charge in [0.1, 0.15) is 0 Å². The summed E-state index contributed by atoms with van der Waals surface area (Å²) in [5.74, 6) is 0.173. The van der Waals surface area contributed by atoms with Crippen LogP contribution >= 0.6 is 23.2 Å². The highest BCUT2D eigenvalue weighted by molar-refractivity contribution is 6.31. The molecule has 0 aliphatic carbocycles. The van der Waals surface area contributed by atoms with Crippen LogP contribution < -0.4 is 10.6 Å². The van der Waals surface area contributed by atoms with Crippen molar-refractivity contribution in [2.75, 3.05) is 4.90 Å². The van der Waals surface area contributed by atoms with Crippen LogP contribution in [-0.2, 0) is 12.6 Å². The van der Waals surface area contributed by atoms with E-state index in [1.165, 1.54) is 4.90 Å². The molecule has 1 atom stereocenters. The van der Waals surface area contributed by atoms with Gasteiger partial charge in [0.05, 0.1) is 29.4 Å². The van der Waals surface area contributed by atoms with E-state index in [1.54, 1.807) is 65.6 Å². The highest BCUT2D eigenvalue weighted by Gasteiger charge is 2.37. The monoisotopic (exact) mass is 560 g/mol. The SMILES string of the molecule is CC(C)N(C(N)=O)c1nc(-c2cccc(Cl)c2)c2cc(C(O)(c3ccc(Cl)cc3)c3cncn3C)ccc2n1. The lowest BCUT2D eigenvalue weighted by Crippen LogP contribution is -2.42. The number of fused-ring (bicyclic) bond motifs is 1. The fourth-order valence-electron chi connectivity index (χ4n) is 4.75. The number of aliphatic hydroxyl groups is 1. The Balaban J connectivity index is 1.82. The molecule has 1 unspecified atom stereocenters. The predicted octanol–water partition coefficient (Wildman–Crippen LogP) is 5.91. The molecular formula is C29H26Cl2N6O2. The third-order valence-corrected chi connectivity index (χ3v) is 7.11. The van der Waals surface area contributed by atoms with Crippen LogP contribution in [0.1, 0.15) is 30.7 Å². The Kier molecular flexibility index (Phi) is 7.03. The van der Waals surface area contributed by atoms with E-state index in [1.807, 2.05) is 39.1 Å². The number of anilines is 1. The number of hydrogen-bond donors (Lipinski definition) is 2. The van der Waals surface area contributed by atoms with Crippen molar-refractivity contribution < 1.29 is 9.90 Å². The van der Waals surface area contributed by atoms with E-state index in [0.717, 1.165) is 5.56 Å². The molecule has 2 amide bonds. The molecular weight excluding hydrogens is 535 g/mol. The highest BCUT2D eigenvalue weighted by Crippen LogP contribution is 2.40. The third kappa shape index (κ3) is 4.83. The number of nitrogens with zero attached hydrogens (tertiary/aromatic N) is 5. The summed E-state index contributed by atoms with van der Waals surface area (Å²) in [4.78, 5) is 27.3. The highest BCUT2D eigenvalue weighted by atomic mass is 35.5. The molecule has 0 saturated carbocycles. The average molecular weight is 561 g/mol. The van der Waals surface area contributed by atoms with E-state index in [-0.39, 0.29) is 12.0 Å². The summed E-state index contributed by atoms with van der Waals surface area (Å²) in [7, 11) is 1.82. The van der Waals surface area contributed by atoms with Crippen LogP contribution in [0, 0.1) is 0 Å². The molecule has 10 heteroatoms. The molecule has 2 heterocycles. The molecule has 0 bridgehead atoms. The minimum atomic E-state index is -1.58. The zero-order chi connectivity index (χ0) is 27.9. The molecule has 0 radical (unpaired) electrons. The van der Waals surface area contributed by atoms with Gasteiger partial charge in [-0.25, -0.2) is 19.7 Å². The lowest BCUT2D eigenvalue weighted by Gasteiger charge is -2.30. The number of benzene rings is 3. The third-order valence-electron chi connectivity index (χ3n) is 6.62. The Morgan fingerprint density at radius 3 is 2.33 bits per heavy atom. The number of rotatable bonds is 6. The largest absolute Gasteiger partial charge is 0.374 e. The number of halogens is 2. The Morgan fingerprint density at radius 2 is 1.72 bits per heavy atom. The van der Waals surface area contributed by atoms with E-state index < -0.39 is 11.6 Å². The van der Waals surface area contributed by atoms with Crippen LogP contribution in [0.4, 0.5) is 10.7 Å². The maximum atomic E-state index is 12.4. The van der Waals surface area contributed by atoms with Gasteiger partial charge in [-0.15, -0.1) is 0 Å². The lowest BCUT2D eigenvalue weighted by molar-refractivity contribution is 0.117. The van der Waals surface area contributed by atoms with Crippen molar-refractivity contribution >= 4 is 46.1 Å². The summed E-state index contributed by atoms with van der Waals surface area (Å²) in [6.07, 6.45) is 3.26. The molecule has 0 aliphatic heterocycles. The van der Waals surface area contributed by atoms with Gasteiger partial charge in [0.2, 0.25) is 5.95 Å². The molecule has 3 N–H and O–H groups in total. The normalized spacial score (nSPS) is 13.0. The average Bonchev–Trinajstić information content (AvgIpc) is 3.34. The van der Waals surface area contributed by atoms with Crippen LogP contribution in [0.5, 0.6) is 0 Å². The molecule has 0 fully saturated rings. The second-order valence-electron chi connectivity index (χ2n) is 9.52. The van der Waals surface area contributed by atoms with Crippen molar-refractivity contribution in [1.82, 2.24) is 19.5 Å². The predicted molar refractivity (Wildman–Crippen MR) is 154 cm³/mol. The first-order valence-corrected chi connectivity index (χ1v) is 13.0. The maximum absolute atomic E-state index is 12.4. The first-order valence-electron chi connectivity index (χ1n) is 12.2. The first-order chi connectivity index (χ1) is 18.6. The van der Waals surface area contributed by atoms with Crippen molar-refractivity contribution in [1.29, 1.82) is 0 Å². The molecule has 39 heavy (non-hydrogen) atoms. The van der Waals surface area contributed by atoms with Crippen LogP contribution in [0.15, 0.2) is 79.3 Å². The van der Waals surface area contributed by atoms with Gasteiger partial charge >= 0.3 is 6.03 Å². The number of aryl methyl sites for hydroxylation is 1. The molecule has 198 valence electrons. The second-order valence-corrected chi connectivity index (χ2v) is 10.4. The van der Waals surface area contributed by atoms with Crippen LogP contribution in [0.25, 0.3) is 22.2 Å². The maximum Gasteiger partial charge on any atom is 0.321 e. The minimum absolute atomic E-state index is 0.173. The Labute approximate surface area is 235 Å². The van der Waals surface area contributed by atoms with Gasteiger partial charge in [-0.05, 0) is 61.4 Å². The number of carbonyl (C=O) groups excluding carboxylic acids is 1. The molecule has 5 aromatic rings. The number of aromatic nitrogens is 4. The molecule has 3 aromatic carbocycles. The Bertz CT molecular complexity index is 1690. The number of hydrogen-bond acceptors (Lipinski definition) is 5. The molecule has 8 nitrogen and oxygen atoms in total. The number of imidazole rings is 1. The van der Waals surface area contributed by atoms with E-state index in [2.05, 4.69) is 9.97 Å². The van der Waals surface area contributed by atoms with Gasteiger partial charge in [0.25, 0.3) is 0 Å². The smallest absolute Gasteiger partial charge is 0.321 e. The fourth-order valence-corrected chi connectivity index (χ4v) is 5.06. The van der Waals surface area contributed by atoms with Crippen molar-refractivity contribution in [2.24, 2.45) is 12.8 Å². The quantitative estimate of drug-likeness (QED) is 0.268.